The summed E-state index contributed by atoms with van der Waals surface area (Å²) in [6.07, 6.45) is 0. The topological polar surface area (TPSA) is 30.5 Å². The predicted molar refractivity (Wildman–Crippen MR) is 84.5 cm³/mol. The number of halogens is 1. The lowest BCUT2D eigenvalue weighted by Gasteiger charge is -2.23. The van der Waals surface area contributed by atoms with E-state index >= 15 is 0 Å². The third kappa shape index (κ3) is 2.85. The van der Waals surface area contributed by atoms with Gasteiger partial charge in [-0.3, -0.25) is 0 Å². The lowest BCUT2D eigenvalue weighted by atomic mass is 9.97. The molecule has 0 aromatic heterocycles. The quantitative estimate of drug-likeness (QED) is 0.937. The van der Waals surface area contributed by atoms with Gasteiger partial charge in [0.25, 0.3) is 0 Å². The van der Waals surface area contributed by atoms with Crippen LogP contribution in [0.3, 0.4) is 0 Å². The zero-order chi connectivity index (χ0) is 14.8. The molecule has 1 unspecified atom stereocenters. The first kappa shape index (κ1) is 14.2. The van der Waals surface area contributed by atoms with Crippen molar-refractivity contribution in [3.63, 3.8) is 0 Å². The molecule has 2 aromatic rings. The Bertz CT molecular complexity index is 657. The van der Waals surface area contributed by atoms with Crippen LogP contribution in [0.1, 0.15) is 22.7 Å². The maximum absolute atomic E-state index is 6.40. The molecule has 0 saturated heterocycles. The summed E-state index contributed by atoms with van der Waals surface area (Å²) in [7, 11) is 1.93. The van der Waals surface area contributed by atoms with Crippen LogP contribution in [0.2, 0.25) is 5.02 Å². The highest BCUT2D eigenvalue weighted by atomic mass is 35.5. The molecule has 1 aliphatic rings. The Labute approximate surface area is 129 Å². The van der Waals surface area contributed by atoms with Crippen LogP contribution in [0.15, 0.2) is 36.4 Å². The van der Waals surface area contributed by atoms with Crippen LogP contribution in [-0.2, 0) is 0 Å². The van der Waals surface area contributed by atoms with E-state index < -0.39 is 0 Å². The molecule has 3 rings (SSSR count). The van der Waals surface area contributed by atoms with Gasteiger partial charge < -0.3 is 14.8 Å². The molecule has 21 heavy (non-hydrogen) atoms. The molecule has 0 aliphatic carbocycles. The van der Waals surface area contributed by atoms with Crippen LogP contribution in [0, 0.1) is 6.92 Å². The second-order valence-corrected chi connectivity index (χ2v) is 5.56. The van der Waals surface area contributed by atoms with Crippen LogP contribution in [0.25, 0.3) is 0 Å². The van der Waals surface area contributed by atoms with Gasteiger partial charge in [-0.1, -0.05) is 29.8 Å². The third-order valence-electron chi connectivity index (χ3n) is 3.66. The summed E-state index contributed by atoms with van der Waals surface area (Å²) < 4.78 is 11.2. The van der Waals surface area contributed by atoms with Crippen molar-refractivity contribution in [1.29, 1.82) is 0 Å². The van der Waals surface area contributed by atoms with Crippen LogP contribution < -0.4 is 14.8 Å². The molecule has 4 heteroatoms. The summed E-state index contributed by atoms with van der Waals surface area (Å²) in [6, 6.07) is 12.2. The van der Waals surface area contributed by atoms with Crippen molar-refractivity contribution in [2.75, 3.05) is 20.3 Å². The molecule has 3 nitrogen and oxygen atoms in total. The summed E-state index contributed by atoms with van der Waals surface area (Å²) in [4.78, 5) is 0. The van der Waals surface area contributed by atoms with Crippen LogP contribution in [0.5, 0.6) is 11.5 Å². The van der Waals surface area contributed by atoms with Gasteiger partial charge in [0.05, 0.1) is 6.04 Å². The third-order valence-corrected chi connectivity index (χ3v) is 3.98. The Hall–Kier alpha value is -1.71. The average Bonchev–Trinajstić information content (AvgIpc) is 2.50. The number of rotatable bonds is 3. The van der Waals surface area contributed by atoms with Gasteiger partial charge in [0.1, 0.15) is 13.2 Å². The van der Waals surface area contributed by atoms with E-state index in [0.717, 1.165) is 33.2 Å². The first-order chi connectivity index (χ1) is 10.2. The SMILES string of the molecule is CNC(c1ccc2c(c1)OCCO2)c1ccc(C)cc1Cl. The smallest absolute Gasteiger partial charge is 0.161 e. The average molecular weight is 304 g/mol. The Balaban J connectivity index is 1.99. The predicted octanol–water partition coefficient (Wildman–Crippen LogP) is 3.73. The van der Waals surface area contributed by atoms with Crippen molar-refractivity contribution >= 4 is 11.6 Å². The number of ether oxygens (including phenoxy) is 2. The lowest BCUT2D eigenvalue weighted by molar-refractivity contribution is 0.171. The first-order valence-corrected chi connectivity index (χ1v) is 7.39. The number of hydrogen-bond donors (Lipinski definition) is 1. The normalized spacial score (nSPS) is 14.8. The minimum atomic E-state index is 0.0222. The van der Waals surface area contributed by atoms with Gasteiger partial charge >= 0.3 is 0 Å². The van der Waals surface area contributed by atoms with Gasteiger partial charge in [-0.2, -0.15) is 0 Å². The number of fused-ring (bicyclic) bond motifs is 1. The molecule has 1 N–H and O–H groups in total. The zero-order valence-corrected chi connectivity index (χ0v) is 12.9. The summed E-state index contributed by atoms with van der Waals surface area (Å²) in [5.41, 5.74) is 3.31. The van der Waals surface area contributed by atoms with Crippen molar-refractivity contribution in [2.24, 2.45) is 0 Å². The van der Waals surface area contributed by atoms with E-state index in [0.29, 0.717) is 13.2 Å². The van der Waals surface area contributed by atoms with E-state index in [-0.39, 0.29) is 6.04 Å². The van der Waals surface area contributed by atoms with E-state index in [1.165, 1.54) is 0 Å². The fourth-order valence-electron chi connectivity index (χ4n) is 2.61. The molecule has 0 radical (unpaired) electrons. The van der Waals surface area contributed by atoms with Gasteiger partial charge in [0.15, 0.2) is 11.5 Å². The maximum Gasteiger partial charge on any atom is 0.161 e. The summed E-state index contributed by atoms with van der Waals surface area (Å²) in [5, 5.41) is 4.09. The van der Waals surface area contributed by atoms with E-state index in [2.05, 4.69) is 17.4 Å². The van der Waals surface area contributed by atoms with Crippen LogP contribution in [-0.4, -0.2) is 20.3 Å². The fourth-order valence-corrected chi connectivity index (χ4v) is 2.95. The molecule has 0 saturated carbocycles. The largest absolute Gasteiger partial charge is 0.486 e. The summed E-state index contributed by atoms with van der Waals surface area (Å²) in [6.45, 7) is 3.23. The highest BCUT2D eigenvalue weighted by Gasteiger charge is 2.19. The van der Waals surface area contributed by atoms with Gasteiger partial charge in [-0.05, 0) is 48.9 Å². The van der Waals surface area contributed by atoms with Crippen molar-refractivity contribution < 1.29 is 9.47 Å². The molecule has 0 spiro atoms. The van der Waals surface area contributed by atoms with Crippen molar-refractivity contribution in [3.8, 4) is 11.5 Å². The van der Waals surface area contributed by atoms with Gasteiger partial charge in [-0.15, -0.1) is 0 Å². The van der Waals surface area contributed by atoms with Crippen LogP contribution in [0.4, 0.5) is 0 Å². The molecule has 0 amide bonds. The summed E-state index contributed by atoms with van der Waals surface area (Å²) in [5.74, 6) is 1.59. The molecule has 0 bridgehead atoms. The highest BCUT2D eigenvalue weighted by molar-refractivity contribution is 6.31. The fraction of sp³-hybridized carbons (Fsp3) is 0.294. The van der Waals surface area contributed by atoms with Crippen LogP contribution >= 0.6 is 11.6 Å². The molecule has 0 fully saturated rings. The molecule has 110 valence electrons. The van der Waals surface area contributed by atoms with E-state index in [9.17, 15) is 0 Å². The minimum absolute atomic E-state index is 0.0222. The van der Waals surface area contributed by atoms with Gasteiger partial charge in [0, 0.05) is 5.02 Å². The van der Waals surface area contributed by atoms with E-state index in [4.69, 9.17) is 21.1 Å². The zero-order valence-electron chi connectivity index (χ0n) is 12.2. The standard InChI is InChI=1S/C17H18ClNO2/c1-11-3-5-13(14(18)9-11)17(19-2)12-4-6-15-16(10-12)21-8-7-20-15/h3-6,9-10,17,19H,7-8H2,1-2H3. The van der Waals surface area contributed by atoms with Crippen molar-refractivity contribution in [3.05, 3.63) is 58.1 Å². The van der Waals surface area contributed by atoms with Crippen molar-refractivity contribution in [2.45, 2.75) is 13.0 Å². The molecular weight excluding hydrogens is 286 g/mol. The maximum atomic E-state index is 6.40. The van der Waals surface area contributed by atoms with E-state index in [1.807, 2.05) is 38.2 Å². The second-order valence-electron chi connectivity index (χ2n) is 5.15. The molecule has 1 heterocycles. The molecule has 1 atom stereocenters. The Morgan fingerprint density at radius 1 is 1.05 bits per heavy atom. The van der Waals surface area contributed by atoms with Crippen molar-refractivity contribution in [1.82, 2.24) is 5.32 Å². The molecule has 1 aliphatic heterocycles. The minimum Gasteiger partial charge on any atom is -0.486 e. The second kappa shape index (κ2) is 5.96. The van der Waals surface area contributed by atoms with E-state index in [1.54, 1.807) is 0 Å². The Morgan fingerprint density at radius 3 is 2.52 bits per heavy atom. The highest BCUT2D eigenvalue weighted by Crippen LogP contribution is 2.35. The number of benzene rings is 2. The summed E-state index contributed by atoms with van der Waals surface area (Å²) >= 11 is 6.40. The number of hydrogen-bond acceptors (Lipinski definition) is 3. The molecule has 2 aromatic carbocycles. The Kier molecular flexibility index (Phi) is 4.04. The Morgan fingerprint density at radius 2 is 1.81 bits per heavy atom. The number of aryl methyl sites for hydroxylation is 1. The van der Waals surface area contributed by atoms with Gasteiger partial charge in [-0.25, -0.2) is 0 Å². The first-order valence-electron chi connectivity index (χ1n) is 7.02. The molecular formula is C17H18ClNO2. The number of nitrogens with one attached hydrogen (secondary N) is 1. The monoisotopic (exact) mass is 303 g/mol. The lowest BCUT2D eigenvalue weighted by Crippen LogP contribution is -2.20. The van der Waals surface area contributed by atoms with Gasteiger partial charge in [0.2, 0.25) is 0 Å².